The van der Waals surface area contributed by atoms with Crippen molar-refractivity contribution in [3.8, 4) is 23.0 Å². The van der Waals surface area contributed by atoms with Crippen LogP contribution in [0.15, 0.2) is 68.0 Å². The number of hydrogen-bond donors (Lipinski definition) is 1. The Kier molecular flexibility index (Phi) is 8.30. The largest absolute Gasteiger partial charge is 0.573 e. The van der Waals surface area contributed by atoms with Gasteiger partial charge in [-0.1, -0.05) is 13.0 Å². The Morgan fingerprint density at radius 3 is 2.40 bits per heavy atom. The molecule has 4 aromatic rings. The van der Waals surface area contributed by atoms with E-state index in [2.05, 4.69) is 9.72 Å². The summed E-state index contributed by atoms with van der Waals surface area (Å²) >= 11 is 0. The maximum absolute atomic E-state index is 14.2. The number of phenols is 1. The third-order valence-corrected chi connectivity index (χ3v) is 10.7. The highest BCUT2D eigenvalue weighted by Gasteiger charge is 2.60. The van der Waals surface area contributed by atoms with Gasteiger partial charge in [0.15, 0.2) is 23.1 Å². The lowest BCUT2D eigenvalue weighted by molar-refractivity contribution is -0.274. The predicted molar refractivity (Wildman–Crippen MR) is 181 cm³/mol. The molecule has 17 heteroatoms. The summed E-state index contributed by atoms with van der Waals surface area (Å²) in [5.41, 5.74) is -2.15. The number of hydrogen-bond acceptors (Lipinski definition) is 10. The summed E-state index contributed by atoms with van der Waals surface area (Å²) in [5, 5.41) is 11.1. The maximum Gasteiger partial charge on any atom is 0.573 e. The van der Waals surface area contributed by atoms with Crippen molar-refractivity contribution in [2.24, 2.45) is 18.4 Å². The van der Waals surface area contributed by atoms with Crippen LogP contribution in [0.2, 0.25) is 0 Å². The average Bonchev–Trinajstić information content (AvgIpc) is 3.35. The molecule has 0 unspecified atom stereocenters. The summed E-state index contributed by atoms with van der Waals surface area (Å²) in [6.45, 7) is 2.59. The number of rotatable bonds is 7. The number of methoxy groups -OCH3 is 2. The van der Waals surface area contributed by atoms with Crippen molar-refractivity contribution < 1.29 is 42.1 Å². The van der Waals surface area contributed by atoms with E-state index in [1.54, 1.807) is 25.3 Å². The number of carbonyl (C=O) groups excluding carboxylic acids is 2. The smallest absolute Gasteiger partial charge is 0.508 e. The summed E-state index contributed by atoms with van der Waals surface area (Å²) in [4.78, 5) is 73.4. The zero-order valence-electron chi connectivity index (χ0n) is 29.2. The van der Waals surface area contributed by atoms with E-state index in [-0.39, 0.29) is 42.8 Å². The van der Waals surface area contributed by atoms with Crippen molar-refractivity contribution in [2.75, 3.05) is 14.2 Å². The van der Waals surface area contributed by atoms with Gasteiger partial charge in [-0.25, -0.2) is 28.5 Å². The molecule has 2 aromatic heterocycles. The van der Waals surface area contributed by atoms with Crippen LogP contribution in [-0.2, 0) is 36.1 Å². The Hall–Kier alpha value is -5.87. The van der Waals surface area contributed by atoms with Crippen molar-refractivity contribution in [3.05, 3.63) is 96.2 Å². The molecule has 1 fully saturated rings. The molecule has 0 radical (unpaired) electrons. The fraction of sp³-hybridized carbons (Fsp3) is 0.389. The van der Waals surface area contributed by atoms with Gasteiger partial charge in [0.05, 0.1) is 43.3 Å². The van der Waals surface area contributed by atoms with Gasteiger partial charge in [0.2, 0.25) is 0 Å². The SMILES string of the molecule is COc1cc2nc(CCn3c(=O)n4n(c3=O)[C@@H]3C[C@H]5C(=O)C=C(C)C(=O)[C@@]5(C)[C@@H](c5cc(OC(F)(F)F)ccc5O)C3=CC4)c(=O)n(C)c2cc1OC. The Morgan fingerprint density at radius 2 is 1.72 bits per heavy atom. The Balaban J connectivity index is 1.31. The number of carbonyl (C=O) groups is 2. The molecule has 278 valence electrons. The van der Waals surface area contributed by atoms with Gasteiger partial charge < -0.3 is 23.9 Å². The Bertz CT molecular complexity index is 2490. The second-order valence-corrected chi connectivity index (χ2v) is 13.6. The summed E-state index contributed by atoms with van der Waals surface area (Å²) in [5.74, 6) is -3.48. The van der Waals surface area contributed by atoms with Crippen LogP contribution in [0.3, 0.4) is 0 Å². The molecule has 14 nitrogen and oxygen atoms in total. The minimum Gasteiger partial charge on any atom is -0.508 e. The molecule has 1 N–H and O–H groups in total. The standard InChI is InChI=1S/C36H34F3N5O9/c1-17-12-27(46)21-14-24-19(30(35(21,2)31(17)47)20-13-18(6-7-26(20)45)53-36(37,38)39)8-11-43-33(49)42(34(50)44(24)43)10-9-22-32(48)41(3)25-16-29(52-5)28(51-4)15-23(25)40-22/h6-8,12-13,15-16,21,24,30,45H,9-11,14H2,1-5H3/t21-,24+,30+,35+/m0/s1. The zero-order chi connectivity index (χ0) is 38.3. The van der Waals surface area contributed by atoms with Gasteiger partial charge in [0.25, 0.3) is 5.56 Å². The van der Waals surface area contributed by atoms with E-state index in [0.29, 0.717) is 28.1 Å². The van der Waals surface area contributed by atoms with E-state index in [1.165, 1.54) is 48.1 Å². The Labute approximate surface area is 297 Å². The summed E-state index contributed by atoms with van der Waals surface area (Å²) < 4.78 is 59.4. The molecule has 0 bridgehead atoms. The number of ketones is 2. The molecule has 2 aromatic carbocycles. The van der Waals surface area contributed by atoms with Gasteiger partial charge in [-0.15, -0.1) is 13.2 Å². The van der Waals surface area contributed by atoms with E-state index >= 15 is 0 Å². The average molecular weight is 738 g/mol. The van der Waals surface area contributed by atoms with Crippen LogP contribution < -0.4 is 31.1 Å². The number of aryl methyl sites for hydroxylation is 2. The number of fused-ring (bicyclic) bond motifs is 5. The molecule has 3 heterocycles. The second kappa shape index (κ2) is 12.4. The number of aromatic hydroxyl groups is 1. The third kappa shape index (κ3) is 5.47. The topological polar surface area (TPSA) is 166 Å². The van der Waals surface area contributed by atoms with Crippen LogP contribution in [-0.4, -0.2) is 60.7 Å². The first kappa shape index (κ1) is 35.5. The van der Waals surface area contributed by atoms with Crippen LogP contribution in [0.1, 0.15) is 43.5 Å². The van der Waals surface area contributed by atoms with Crippen LogP contribution in [0.25, 0.3) is 11.0 Å². The molecule has 4 atom stereocenters. The molecule has 0 saturated heterocycles. The normalized spacial score (nSPS) is 22.5. The van der Waals surface area contributed by atoms with Gasteiger partial charge in [-0.2, -0.15) is 0 Å². The lowest BCUT2D eigenvalue weighted by Gasteiger charge is -2.52. The lowest BCUT2D eigenvalue weighted by atomic mass is 9.51. The lowest BCUT2D eigenvalue weighted by Crippen LogP contribution is -2.54. The number of nitrogens with zero attached hydrogens (tertiary/aromatic N) is 5. The van der Waals surface area contributed by atoms with Gasteiger partial charge in [0, 0.05) is 49.5 Å². The quantitative estimate of drug-likeness (QED) is 0.278. The highest BCUT2D eigenvalue weighted by molar-refractivity contribution is 6.13. The summed E-state index contributed by atoms with van der Waals surface area (Å²) in [6, 6.07) is 5.12. The van der Waals surface area contributed by atoms with Crippen LogP contribution in [0.4, 0.5) is 13.2 Å². The second-order valence-electron chi connectivity index (χ2n) is 13.6. The Morgan fingerprint density at radius 1 is 1.02 bits per heavy atom. The maximum atomic E-state index is 14.2. The minimum absolute atomic E-state index is 0.0740. The summed E-state index contributed by atoms with van der Waals surface area (Å²) in [6.07, 6.45) is -2.45. The number of ether oxygens (including phenoxy) is 3. The van der Waals surface area contributed by atoms with E-state index in [1.807, 2.05) is 0 Å². The number of alkyl halides is 3. The van der Waals surface area contributed by atoms with Gasteiger partial charge in [-0.3, -0.25) is 14.4 Å². The number of halogens is 3. The monoisotopic (exact) mass is 737 g/mol. The fourth-order valence-electron chi connectivity index (χ4n) is 8.29. The minimum atomic E-state index is -5.06. The van der Waals surface area contributed by atoms with E-state index in [9.17, 15) is 42.3 Å². The molecule has 7 rings (SSSR count). The number of phenolic OH excluding ortho intramolecular Hbond substituents is 1. The first-order chi connectivity index (χ1) is 25.0. The van der Waals surface area contributed by atoms with E-state index < -0.39 is 69.7 Å². The molecular weight excluding hydrogens is 703 g/mol. The molecule has 0 spiro atoms. The molecule has 3 aliphatic rings. The highest BCUT2D eigenvalue weighted by Crippen LogP contribution is 2.61. The molecule has 53 heavy (non-hydrogen) atoms. The number of allylic oxidation sites excluding steroid dienone is 4. The molecule has 1 aliphatic heterocycles. The third-order valence-electron chi connectivity index (χ3n) is 10.7. The molecule has 1 saturated carbocycles. The van der Waals surface area contributed by atoms with Gasteiger partial charge in [-0.05, 0) is 48.8 Å². The number of aromatic nitrogens is 5. The summed E-state index contributed by atoms with van der Waals surface area (Å²) in [7, 11) is 4.47. The highest BCUT2D eigenvalue weighted by atomic mass is 19.4. The molecular formula is C36H34F3N5O9. The van der Waals surface area contributed by atoms with Crippen molar-refractivity contribution in [1.29, 1.82) is 0 Å². The number of Topliss-reactive ketones (excluding diaryl/α,β-unsaturated/α-hetero) is 1. The van der Waals surface area contributed by atoms with Gasteiger partial charge in [0.1, 0.15) is 17.2 Å². The van der Waals surface area contributed by atoms with Crippen LogP contribution in [0, 0.1) is 11.3 Å². The van der Waals surface area contributed by atoms with E-state index in [4.69, 9.17) is 9.47 Å². The first-order valence-corrected chi connectivity index (χ1v) is 16.6. The van der Waals surface area contributed by atoms with Crippen molar-refractivity contribution in [1.82, 2.24) is 23.5 Å². The van der Waals surface area contributed by atoms with Crippen molar-refractivity contribution in [2.45, 2.75) is 58.1 Å². The van der Waals surface area contributed by atoms with Crippen molar-refractivity contribution in [3.63, 3.8) is 0 Å². The fourth-order valence-corrected chi connectivity index (χ4v) is 8.29. The first-order valence-electron chi connectivity index (χ1n) is 16.6. The van der Waals surface area contributed by atoms with Crippen molar-refractivity contribution >= 4 is 22.6 Å². The van der Waals surface area contributed by atoms with Crippen LogP contribution >= 0.6 is 0 Å². The zero-order valence-corrected chi connectivity index (χ0v) is 29.2. The number of benzene rings is 2. The molecule has 2 aliphatic carbocycles. The van der Waals surface area contributed by atoms with Crippen LogP contribution in [0.5, 0.6) is 23.0 Å². The van der Waals surface area contributed by atoms with E-state index in [0.717, 1.165) is 22.8 Å². The predicted octanol–water partition coefficient (Wildman–Crippen LogP) is 3.31. The van der Waals surface area contributed by atoms with Gasteiger partial charge >= 0.3 is 17.7 Å². The molecule has 0 amide bonds.